The molecule has 0 aromatic carbocycles. The second-order valence-corrected chi connectivity index (χ2v) is 4.54. The summed E-state index contributed by atoms with van der Waals surface area (Å²) in [5.74, 6) is 0.553. The van der Waals surface area contributed by atoms with Crippen LogP contribution in [0.2, 0.25) is 0 Å². The maximum absolute atomic E-state index is 11.8. The Morgan fingerprint density at radius 3 is 2.89 bits per heavy atom. The Balaban J connectivity index is 1.92. The molecule has 2 aromatic heterocycles. The van der Waals surface area contributed by atoms with Crippen LogP contribution >= 0.6 is 15.9 Å². The molecule has 4 nitrogen and oxygen atoms in total. The van der Waals surface area contributed by atoms with Crippen molar-refractivity contribution in [3.05, 3.63) is 22.6 Å². The number of rotatable bonds is 4. The van der Waals surface area contributed by atoms with Crippen LogP contribution in [0.15, 0.2) is 16.7 Å². The number of fused-ring (bicyclic) bond motifs is 1. The monoisotopic (exact) mass is 323 g/mol. The Morgan fingerprint density at radius 1 is 1.39 bits per heavy atom. The molecule has 2 aromatic rings. The molecule has 0 atom stereocenters. The van der Waals surface area contributed by atoms with Gasteiger partial charge in [0.05, 0.1) is 12.1 Å². The summed E-state index contributed by atoms with van der Waals surface area (Å²) < 4.78 is 40.8. The molecule has 0 aliphatic rings. The van der Waals surface area contributed by atoms with Crippen LogP contribution in [-0.4, -0.2) is 34.3 Å². The number of ether oxygens (including phenoxy) is 1. The number of hydrogen-bond acceptors (Lipinski definition) is 3. The van der Waals surface area contributed by atoms with Crippen LogP contribution in [0.1, 0.15) is 5.82 Å². The Morgan fingerprint density at radius 2 is 2.17 bits per heavy atom. The first-order chi connectivity index (χ1) is 8.44. The number of imidazole rings is 1. The van der Waals surface area contributed by atoms with Crippen molar-refractivity contribution in [3.63, 3.8) is 0 Å². The number of nitrogens with zero attached hydrogens (tertiary/aromatic N) is 2. The van der Waals surface area contributed by atoms with Crippen LogP contribution in [0.4, 0.5) is 13.2 Å². The lowest BCUT2D eigenvalue weighted by atomic mass is 10.4. The van der Waals surface area contributed by atoms with Crippen LogP contribution in [0.3, 0.4) is 0 Å². The van der Waals surface area contributed by atoms with Gasteiger partial charge in [-0.25, -0.2) is 9.97 Å². The van der Waals surface area contributed by atoms with Crippen molar-refractivity contribution in [1.29, 1.82) is 0 Å². The van der Waals surface area contributed by atoms with Gasteiger partial charge in [0.2, 0.25) is 0 Å². The third-order valence-corrected chi connectivity index (χ3v) is 2.54. The van der Waals surface area contributed by atoms with E-state index in [0.29, 0.717) is 11.5 Å². The van der Waals surface area contributed by atoms with E-state index < -0.39 is 12.8 Å². The quantitative estimate of drug-likeness (QED) is 0.880. The third kappa shape index (κ3) is 3.67. The molecule has 1 N–H and O–H groups in total. The largest absolute Gasteiger partial charge is 0.411 e. The minimum atomic E-state index is -4.29. The zero-order chi connectivity index (χ0) is 13.2. The summed E-state index contributed by atoms with van der Waals surface area (Å²) in [6.07, 6.45) is -2.41. The Labute approximate surface area is 109 Å². The fourth-order valence-corrected chi connectivity index (χ4v) is 1.73. The first-order valence-electron chi connectivity index (χ1n) is 5.09. The number of nitrogens with one attached hydrogen (secondary N) is 1. The van der Waals surface area contributed by atoms with E-state index in [4.69, 9.17) is 0 Å². The summed E-state index contributed by atoms with van der Waals surface area (Å²) in [5, 5.41) is 0. The van der Waals surface area contributed by atoms with Gasteiger partial charge in [0.25, 0.3) is 0 Å². The predicted molar refractivity (Wildman–Crippen MR) is 62.2 cm³/mol. The van der Waals surface area contributed by atoms with Crippen molar-refractivity contribution >= 4 is 27.1 Å². The van der Waals surface area contributed by atoms with E-state index in [9.17, 15) is 13.2 Å². The van der Waals surface area contributed by atoms with Gasteiger partial charge in [-0.05, 0) is 22.0 Å². The molecule has 0 amide bonds. The maximum Gasteiger partial charge on any atom is 0.411 e. The SMILES string of the molecule is FC(F)(F)COCCc1nc2ncc(Br)cc2[nH]1. The van der Waals surface area contributed by atoms with Gasteiger partial charge in [0.15, 0.2) is 5.65 Å². The summed E-state index contributed by atoms with van der Waals surface area (Å²) >= 11 is 3.27. The molecule has 0 saturated carbocycles. The highest BCUT2D eigenvalue weighted by Gasteiger charge is 2.27. The van der Waals surface area contributed by atoms with Crippen molar-refractivity contribution in [2.45, 2.75) is 12.6 Å². The van der Waals surface area contributed by atoms with Gasteiger partial charge in [-0.1, -0.05) is 0 Å². The first kappa shape index (κ1) is 13.3. The number of aromatic amines is 1. The zero-order valence-electron chi connectivity index (χ0n) is 9.09. The second-order valence-electron chi connectivity index (χ2n) is 3.63. The zero-order valence-corrected chi connectivity index (χ0v) is 10.7. The van der Waals surface area contributed by atoms with Gasteiger partial charge in [0.1, 0.15) is 12.4 Å². The third-order valence-electron chi connectivity index (χ3n) is 2.10. The number of aromatic nitrogens is 3. The van der Waals surface area contributed by atoms with Gasteiger partial charge in [-0.2, -0.15) is 13.2 Å². The molecule has 0 aliphatic heterocycles. The molecule has 0 saturated heterocycles. The lowest BCUT2D eigenvalue weighted by molar-refractivity contribution is -0.173. The van der Waals surface area contributed by atoms with E-state index in [0.717, 1.165) is 9.99 Å². The molecule has 0 aliphatic carbocycles. The minimum Gasteiger partial charge on any atom is -0.372 e. The molecule has 8 heteroatoms. The lowest BCUT2D eigenvalue weighted by Gasteiger charge is -2.06. The topological polar surface area (TPSA) is 50.8 Å². The minimum absolute atomic E-state index is 0.0412. The Hall–Kier alpha value is -1.15. The number of alkyl halides is 3. The average Bonchev–Trinajstić information content (AvgIpc) is 2.65. The molecule has 18 heavy (non-hydrogen) atoms. The van der Waals surface area contributed by atoms with E-state index in [1.54, 1.807) is 12.3 Å². The maximum atomic E-state index is 11.8. The highest BCUT2D eigenvalue weighted by atomic mass is 79.9. The molecular weight excluding hydrogens is 315 g/mol. The summed E-state index contributed by atoms with van der Waals surface area (Å²) in [5.41, 5.74) is 1.26. The van der Waals surface area contributed by atoms with Crippen LogP contribution in [0, 0.1) is 0 Å². The smallest absolute Gasteiger partial charge is 0.372 e. The standard InChI is InChI=1S/C10H9BrF3N3O/c11-6-3-7-9(15-4-6)17-8(16-7)1-2-18-5-10(12,13)14/h3-4H,1-2,5H2,(H,15,16,17). The van der Waals surface area contributed by atoms with Crippen LogP contribution < -0.4 is 0 Å². The van der Waals surface area contributed by atoms with Gasteiger partial charge in [0, 0.05) is 17.1 Å². The lowest BCUT2D eigenvalue weighted by Crippen LogP contribution is -2.18. The molecule has 0 radical (unpaired) electrons. The van der Waals surface area contributed by atoms with E-state index in [-0.39, 0.29) is 13.0 Å². The second kappa shape index (κ2) is 5.23. The molecule has 0 bridgehead atoms. The van der Waals surface area contributed by atoms with Crippen molar-refractivity contribution in [1.82, 2.24) is 15.0 Å². The fraction of sp³-hybridized carbons (Fsp3) is 0.400. The fourth-order valence-electron chi connectivity index (χ4n) is 1.40. The molecular formula is C10H9BrF3N3O. The Bertz CT molecular complexity index is 541. The van der Waals surface area contributed by atoms with E-state index in [1.807, 2.05) is 0 Å². The average molecular weight is 324 g/mol. The van der Waals surface area contributed by atoms with Gasteiger partial charge in [-0.3, -0.25) is 0 Å². The van der Waals surface area contributed by atoms with Gasteiger partial charge < -0.3 is 9.72 Å². The van der Waals surface area contributed by atoms with E-state index >= 15 is 0 Å². The van der Waals surface area contributed by atoms with E-state index in [2.05, 4.69) is 35.6 Å². The Kier molecular flexibility index (Phi) is 3.86. The molecule has 2 heterocycles. The van der Waals surface area contributed by atoms with Crippen molar-refractivity contribution in [3.8, 4) is 0 Å². The predicted octanol–water partition coefficient (Wildman–Crippen LogP) is 2.84. The number of H-pyrrole nitrogens is 1. The number of pyridine rings is 1. The molecule has 0 spiro atoms. The molecule has 2 rings (SSSR count). The summed E-state index contributed by atoms with van der Waals surface area (Å²) in [6.45, 7) is -1.28. The number of halogens is 4. The van der Waals surface area contributed by atoms with Gasteiger partial charge in [-0.15, -0.1) is 0 Å². The molecule has 0 fully saturated rings. The van der Waals surface area contributed by atoms with Crippen LogP contribution in [-0.2, 0) is 11.2 Å². The first-order valence-corrected chi connectivity index (χ1v) is 5.88. The highest BCUT2D eigenvalue weighted by molar-refractivity contribution is 9.10. The summed E-state index contributed by atoms with van der Waals surface area (Å²) in [7, 11) is 0. The van der Waals surface area contributed by atoms with Crippen molar-refractivity contribution < 1.29 is 17.9 Å². The van der Waals surface area contributed by atoms with Gasteiger partial charge >= 0.3 is 6.18 Å². The number of hydrogen-bond donors (Lipinski definition) is 1. The molecule has 98 valence electrons. The van der Waals surface area contributed by atoms with Crippen molar-refractivity contribution in [2.75, 3.05) is 13.2 Å². The molecule has 0 unspecified atom stereocenters. The van der Waals surface area contributed by atoms with Crippen LogP contribution in [0.25, 0.3) is 11.2 Å². The van der Waals surface area contributed by atoms with Crippen LogP contribution in [0.5, 0.6) is 0 Å². The normalized spacial score (nSPS) is 12.2. The summed E-state index contributed by atoms with van der Waals surface area (Å²) in [6, 6.07) is 1.80. The van der Waals surface area contributed by atoms with Crippen molar-refractivity contribution in [2.24, 2.45) is 0 Å². The summed E-state index contributed by atoms with van der Waals surface area (Å²) in [4.78, 5) is 11.2. The van der Waals surface area contributed by atoms with E-state index in [1.165, 1.54) is 0 Å². The highest BCUT2D eigenvalue weighted by Crippen LogP contribution is 2.16.